The second-order valence-corrected chi connectivity index (χ2v) is 3.31. The molecule has 0 bridgehead atoms. The molecule has 0 saturated heterocycles. The van der Waals surface area contributed by atoms with Crippen LogP contribution in [0.15, 0.2) is 0 Å². The van der Waals surface area contributed by atoms with Gasteiger partial charge in [-0.25, -0.2) is 13.6 Å². The zero-order chi connectivity index (χ0) is 9.99. The Morgan fingerprint density at radius 3 is 2.25 bits per heavy atom. The summed E-state index contributed by atoms with van der Waals surface area (Å²) in [6.07, 6.45) is -1.10. The topological polar surface area (TPSA) is 57.5 Å². The van der Waals surface area contributed by atoms with Crippen molar-refractivity contribution < 1.29 is 23.8 Å². The summed E-state index contributed by atoms with van der Waals surface area (Å²) in [6, 6.07) is 0. The third-order valence-corrected chi connectivity index (χ3v) is 2.08. The lowest BCUT2D eigenvalue weighted by Crippen LogP contribution is -2.41. The highest BCUT2D eigenvalue weighted by molar-refractivity contribution is 9.09. The Morgan fingerprint density at radius 2 is 2.00 bits per heavy atom. The molecule has 0 fully saturated rings. The molecular formula is C6H9BrF2O3. The smallest absolute Gasteiger partial charge is 0.335 e. The van der Waals surface area contributed by atoms with Gasteiger partial charge < -0.3 is 10.2 Å². The van der Waals surface area contributed by atoms with Gasteiger partial charge in [-0.2, -0.15) is 0 Å². The lowest BCUT2D eigenvalue weighted by Gasteiger charge is -2.22. The van der Waals surface area contributed by atoms with Crippen LogP contribution in [0.25, 0.3) is 0 Å². The minimum atomic E-state index is -3.21. The maximum absolute atomic E-state index is 12.5. The molecule has 0 heterocycles. The minimum absolute atomic E-state index is 0.663. The first-order valence-corrected chi connectivity index (χ1v) is 4.23. The molecule has 0 spiro atoms. The molecule has 0 aliphatic heterocycles. The first kappa shape index (κ1) is 11.8. The number of carbonyl (C=O) groups is 1. The summed E-state index contributed by atoms with van der Waals surface area (Å²) in [6.45, 7) is 0.839. The molecule has 72 valence electrons. The standard InChI is InChI=1S/C6H9BrF2O3/c1-5(12,4(10)11)2-6(8,9)3-7/h12H,2-3H2,1H3,(H,10,11)/t5-/m0/s1. The molecule has 0 rings (SSSR count). The number of hydrogen-bond donors (Lipinski definition) is 2. The third kappa shape index (κ3) is 3.44. The quantitative estimate of drug-likeness (QED) is 0.735. The summed E-state index contributed by atoms with van der Waals surface area (Å²) in [7, 11) is 0. The summed E-state index contributed by atoms with van der Waals surface area (Å²) in [5.41, 5.74) is -2.38. The maximum atomic E-state index is 12.5. The van der Waals surface area contributed by atoms with Crippen molar-refractivity contribution in [3.63, 3.8) is 0 Å². The van der Waals surface area contributed by atoms with Crippen molar-refractivity contribution >= 4 is 21.9 Å². The van der Waals surface area contributed by atoms with Crippen LogP contribution in [0.1, 0.15) is 13.3 Å². The van der Waals surface area contributed by atoms with E-state index in [1.807, 2.05) is 0 Å². The summed E-state index contributed by atoms with van der Waals surface area (Å²) < 4.78 is 25.1. The van der Waals surface area contributed by atoms with E-state index in [-0.39, 0.29) is 0 Å². The highest BCUT2D eigenvalue weighted by atomic mass is 79.9. The minimum Gasteiger partial charge on any atom is -0.479 e. The third-order valence-electron chi connectivity index (χ3n) is 1.26. The van der Waals surface area contributed by atoms with Crippen LogP contribution in [0.4, 0.5) is 8.78 Å². The van der Waals surface area contributed by atoms with Gasteiger partial charge in [0.05, 0.1) is 11.8 Å². The molecule has 6 heteroatoms. The lowest BCUT2D eigenvalue weighted by molar-refractivity contribution is -0.164. The van der Waals surface area contributed by atoms with Gasteiger partial charge in [0.25, 0.3) is 5.92 Å². The van der Waals surface area contributed by atoms with Gasteiger partial charge in [-0.05, 0) is 6.92 Å². The van der Waals surface area contributed by atoms with Crippen molar-refractivity contribution in [2.45, 2.75) is 24.9 Å². The van der Waals surface area contributed by atoms with E-state index in [4.69, 9.17) is 10.2 Å². The normalized spacial score (nSPS) is 17.1. The summed E-state index contributed by atoms with van der Waals surface area (Å²) >= 11 is 2.52. The summed E-state index contributed by atoms with van der Waals surface area (Å²) in [5.74, 6) is -4.86. The summed E-state index contributed by atoms with van der Waals surface area (Å²) in [4.78, 5) is 10.2. The second-order valence-electron chi connectivity index (χ2n) is 2.75. The maximum Gasteiger partial charge on any atom is 0.335 e. The van der Waals surface area contributed by atoms with E-state index >= 15 is 0 Å². The first-order valence-electron chi connectivity index (χ1n) is 3.11. The largest absolute Gasteiger partial charge is 0.479 e. The van der Waals surface area contributed by atoms with Crippen LogP contribution < -0.4 is 0 Å². The van der Waals surface area contributed by atoms with Crippen molar-refractivity contribution in [2.24, 2.45) is 0 Å². The van der Waals surface area contributed by atoms with Gasteiger partial charge in [-0.1, -0.05) is 15.9 Å². The van der Waals surface area contributed by atoms with Crippen molar-refractivity contribution in [2.75, 3.05) is 5.33 Å². The molecule has 0 aromatic carbocycles. The summed E-state index contributed by atoms with van der Waals surface area (Å²) in [5, 5.41) is 16.6. The van der Waals surface area contributed by atoms with E-state index in [2.05, 4.69) is 15.9 Å². The van der Waals surface area contributed by atoms with Crippen molar-refractivity contribution in [3.05, 3.63) is 0 Å². The second kappa shape index (κ2) is 3.66. The predicted molar refractivity (Wildman–Crippen MR) is 41.6 cm³/mol. The van der Waals surface area contributed by atoms with Gasteiger partial charge in [-0.3, -0.25) is 0 Å². The fourth-order valence-corrected chi connectivity index (χ4v) is 0.825. The van der Waals surface area contributed by atoms with E-state index in [0.29, 0.717) is 0 Å². The van der Waals surface area contributed by atoms with Crippen LogP contribution in [0, 0.1) is 0 Å². The molecule has 12 heavy (non-hydrogen) atoms. The molecule has 0 aliphatic carbocycles. The van der Waals surface area contributed by atoms with Crippen LogP contribution in [0.3, 0.4) is 0 Å². The molecule has 0 amide bonds. The Kier molecular flexibility index (Phi) is 3.59. The van der Waals surface area contributed by atoms with Crippen molar-refractivity contribution in [1.82, 2.24) is 0 Å². The molecule has 0 saturated carbocycles. The SMILES string of the molecule is C[C@](O)(CC(F)(F)CBr)C(=O)O. The van der Waals surface area contributed by atoms with Gasteiger partial charge in [0, 0.05) is 0 Å². The molecule has 0 radical (unpaired) electrons. The number of carboxylic acids is 1. The Hall–Kier alpha value is -0.230. The van der Waals surface area contributed by atoms with Crippen LogP contribution in [-0.2, 0) is 4.79 Å². The fraction of sp³-hybridized carbons (Fsp3) is 0.833. The number of alkyl halides is 3. The number of aliphatic carboxylic acids is 1. The molecule has 0 aliphatic rings. The zero-order valence-corrected chi connectivity index (χ0v) is 7.94. The van der Waals surface area contributed by atoms with Gasteiger partial charge in [0.2, 0.25) is 0 Å². The van der Waals surface area contributed by atoms with Crippen LogP contribution in [0.5, 0.6) is 0 Å². The molecule has 0 aromatic heterocycles. The average Bonchev–Trinajstić information content (AvgIpc) is 1.85. The number of hydrogen-bond acceptors (Lipinski definition) is 2. The Labute approximate surface area is 76.5 Å². The Morgan fingerprint density at radius 1 is 1.58 bits per heavy atom. The number of rotatable bonds is 4. The van der Waals surface area contributed by atoms with Crippen LogP contribution >= 0.6 is 15.9 Å². The predicted octanol–water partition coefficient (Wildman–Crippen LogP) is 1.24. The monoisotopic (exact) mass is 246 g/mol. The van der Waals surface area contributed by atoms with Gasteiger partial charge in [0.1, 0.15) is 0 Å². The Bertz CT molecular complexity index is 182. The lowest BCUT2D eigenvalue weighted by atomic mass is 9.99. The van der Waals surface area contributed by atoms with E-state index in [1.54, 1.807) is 0 Å². The number of halogens is 3. The molecule has 2 N–H and O–H groups in total. The van der Waals surface area contributed by atoms with Crippen molar-refractivity contribution in [1.29, 1.82) is 0 Å². The molecule has 0 unspecified atom stereocenters. The van der Waals surface area contributed by atoms with E-state index < -0.39 is 29.2 Å². The molecule has 1 atom stereocenters. The highest BCUT2D eigenvalue weighted by Crippen LogP contribution is 2.27. The fourth-order valence-electron chi connectivity index (χ4n) is 0.626. The van der Waals surface area contributed by atoms with Crippen LogP contribution in [0.2, 0.25) is 0 Å². The van der Waals surface area contributed by atoms with Gasteiger partial charge in [-0.15, -0.1) is 0 Å². The number of carboxylic acid groups (broad SMARTS) is 1. The van der Waals surface area contributed by atoms with Gasteiger partial charge in [0.15, 0.2) is 5.60 Å². The van der Waals surface area contributed by atoms with Crippen molar-refractivity contribution in [3.8, 4) is 0 Å². The average molecular weight is 247 g/mol. The zero-order valence-electron chi connectivity index (χ0n) is 6.35. The Balaban J connectivity index is 4.34. The molecule has 0 aromatic rings. The molecule has 3 nitrogen and oxygen atoms in total. The van der Waals surface area contributed by atoms with Gasteiger partial charge >= 0.3 is 5.97 Å². The molecular weight excluding hydrogens is 238 g/mol. The van der Waals surface area contributed by atoms with Crippen LogP contribution in [-0.4, -0.2) is 33.0 Å². The van der Waals surface area contributed by atoms with E-state index in [0.717, 1.165) is 6.92 Å². The first-order chi connectivity index (χ1) is 5.21. The number of aliphatic hydroxyl groups is 1. The highest BCUT2D eigenvalue weighted by Gasteiger charge is 2.42. The van der Waals surface area contributed by atoms with E-state index in [1.165, 1.54) is 0 Å². The van der Waals surface area contributed by atoms with E-state index in [9.17, 15) is 13.6 Å².